The molecule has 1 saturated heterocycles. The highest BCUT2D eigenvalue weighted by atomic mass is 32.2. The molecule has 2 heterocycles. The van der Waals surface area contributed by atoms with Crippen LogP contribution in [0.5, 0.6) is 5.75 Å². The lowest BCUT2D eigenvalue weighted by Gasteiger charge is -2.33. The van der Waals surface area contributed by atoms with Gasteiger partial charge in [-0.3, -0.25) is 9.69 Å². The molecule has 6 nitrogen and oxygen atoms in total. The van der Waals surface area contributed by atoms with Crippen LogP contribution < -0.4 is 15.0 Å². The zero-order valence-corrected chi connectivity index (χ0v) is 17.4. The third-order valence-electron chi connectivity index (χ3n) is 5.35. The molecule has 9 heteroatoms. The number of benzene rings is 2. The van der Waals surface area contributed by atoms with E-state index in [9.17, 15) is 18.4 Å². The molecule has 0 saturated carbocycles. The van der Waals surface area contributed by atoms with Crippen LogP contribution in [0.15, 0.2) is 36.4 Å². The molecule has 0 radical (unpaired) electrons. The number of fused-ring (bicyclic) bond motifs is 2. The van der Waals surface area contributed by atoms with Crippen LogP contribution in [-0.2, 0) is 16.2 Å². The monoisotopic (exact) mass is 433 g/mol. The molecule has 30 heavy (non-hydrogen) atoms. The van der Waals surface area contributed by atoms with Gasteiger partial charge in [0.25, 0.3) is 5.91 Å². The van der Waals surface area contributed by atoms with Crippen molar-refractivity contribution in [2.24, 2.45) is 0 Å². The molecule has 1 fully saturated rings. The average molecular weight is 433 g/mol. The van der Waals surface area contributed by atoms with Gasteiger partial charge >= 0.3 is 6.03 Å². The van der Waals surface area contributed by atoms with Crippen LogP contribution in [0.2, 0.25) is 0 Å². The molecule has 2 aromatic carbocycles. The Kier molecular flexibility index (Phi) is 5.31. The van der Waals surface area contributed by atoms with E-state index in [1.54, 1.807) is 25.1 Å². The summed E-state index contributed by atoms with van der Waals surface area (Å²) in [6.07, 6.45) is 0. The van der Waals surface area contributed by atoms with Gasteiger partial charge in [0.2, 0.25) is 0 Å². The van der Waals surface area contributed by atoms with Crippen molar-refractivity contribution >= 4 is 29.4 Å². The Labute approximate surface area is 177 Å². The summed E-state index contributed by atoms with van der Waals surface area (Å²) in [6, 6.07) is 8.34. The van der Waals surface area contributed by atoms with Gasteiger partial charge < -0.3 is 15.0 Å². The lowest BCUT2D eigenvalue weighted by molar-refractivity contribution is -0.123. The van der Waals surface area contributed by atoms with Crippen molar-refractivity contribution in [3.05, 3.63) is 59.2 Å². The van der Waals surface area contributed by atoms with E-state index < -0.39 is 22.4 Å². The minimum Gasteiger partial charge on any atom is -0.497 e. The van der Waals surface area contributed by atoms with Crippen molar-refractivity contribution < 1.29 is 23.1 Å². The molecule has 3 amide bonds. The van der Waals surface area contributed by atoms with Crippen LogP contribution in [0.1, 0.15) is 18.1 Å². The fourth-order valence-electron chi connectivity index (χ4n) is 3.97. The maximum atomic E-state index is 14.3. The van der Waals surface area contributed by atoms with Crippen LogP contribution in [-0.4, -0.2) is 42.8 Å². The first-order valence-electron chi connectivity index (χ1n) is 9.56. The Morgan fingerprint density at radius 2 is 2.00 bits per heavy atom. The normalized spacial score (nSPS) is 20.1. The number of urea groups is 1. The number of halogens is 2. The fraction of sp³-hybridized carbons (Fsp3) is 0.333. The number of hydrogen-bond acceptors (Lipinski definition) is 4. The lowest BCUT2D eigenvalue weighted by Crippen LogP contribution is -2.53. The second-order valence-corrected chi connectivity index (χ2v) is 8.24. The van der Waals surface area contributed by atoms with Crippen LogP contribution in [0.3, 0.4) is 0 Å². The highest BCUT2D eigenvalue weighted by Gasteiger charge is 2.59. The van der Waals surface area contributed by atoms with Crippen LogP contribution in [0, 0.1) is 11.6 Å². The van der Waals surface area contributed by atoms with E-state index >= 15 is 0 Å². The largest absolute Gasteiger partial charge is 0.497 e. The summed E-state index contributed by atoms with van der Waals surface area (Å²) in [5.41, 5.74) is 0.890. The van der Waals surface area contributed by atoms with E-state index in [4.69, 9.17) is 4.74 Å². The third kappa shape index (κ3) is 2.99. The molecule has 1 atom stereocenters. The Hall–Kier alpha value is -2.81. The van der Waals surface area contributed by atoms with E-state index in [0.29, 0.717) is 35.8 Å². The van der Waals surface area contributed by atoms with Crippen molar-refractivity contribution in [1.82, 2.24) is 10.2 Å². The van der Waals surface area contributed by atoms with Gasteiger partial charge in [-0.15, -0.1) is 11.8 Å². The number of methoxy groups -OCH3 is 1. The Balaban J connectivity index is 1.84. The Morgan fingerprint density at radius 3 is 2.67 bits per heavy atom. The molecule has 0 aliphatic carbocycles. The van der Waals surface area contributed by atoms with Crippen molar-refractivity contribution in [2.45, 2.75) is 18.3 Å². The number of nitrogens with zero attached hydrogens (tertiary/aromatic N) is 2. The van der Waals surface area contributed by atoms with E-state index in [0.717, 1.165) is 12.1 Å². The third-order valence-corrected chi connectivity index (χ3v) is 6.77. The highest BCUT2D eigenvalue weighted by molar-refractivity contribution is 8.01. The number of rotatable bonds is 4. The van der Waals surface area contributed by atoms with Gasteiger partial charge in [-0.05, 0) is 37.3 Å². The first kappa shape index (κ1) is 20.5. The zero-order chi connectivity index (χ0) is 21.5. The highest BCUT2D eigenvalue weighted by Crippen LogP contribution is 2.55. The summed E-state index contributed by atoms with van der Waals surface area (Å²) in [5.74, 6) is -0.760. The van der Waals surface area contributed by atoms with Gasteiger partial charge in [-0.25, -0.2) is 13.6 Å². The zero-order valence-electron chi connectivity index (χ0n) is 16.6. The molecule has 2 aliphatic heterocycles. The molecular formula is C21H21F2N3O3S. The van der Waals surface area contributed by atoms with Crippen molar-refractivity contribution in [2.75, 3.05) is 30.9 Å². The molecule has 158 valence electrons. The molecule has 4 rings (SSSR count). The molecular weight excluding hydrogens is 412 g/mol. The van der Waals surface area contributed by atoms with Gasteiger partial charge in [0.15, 0.2) is 4.87 Å². The number of carbonyl (C=O) groups excluding carboxylic acids is 2. The van der Waals surface area contributed by atoms with Gasteiger partial charge in [-0.2, -0.15) is 0 Å². The quantitative estimate of drug-likeness (QED) is 0.802. The minimum absolute atomic E-state index is 0.197. The smallest absolute Gasteiger partial charge is 0.319 e. The maximum absolute atomic E-state index is 14.3. The minimum atomic E-state index is -1.30. The van der Waals surface area contributed by atoms with E-state index in [1.165, 1.54) is 34.7 Å². The Bertz CT molecular complexity index is 999. The molecule has 0 bridgehead atoms. The van der Waals surface area contributed by atoms with Gasteiger partial charge in [0.05, 0.1) is 19.3 Å². The molecule has 0 aromatic heterocycles. The summed E-state index contributed by atoms with van der Waals surface area (Å²) < 4.78 is 34.0. The average Bonchev–Trinajstić information content (AvgIpc) is 3.27. The summed E-state index contributed by atoms with van der Waals surface area (Å²) in [4.78, 5) is 28.0. The topological polar surface area (TPSA) is 61.9 Å². The number of ether oxygens (including phenoxy) is 1. The van der Waals surface area contributed by atoms with Gasteiger partial charge in [-0.1, -0.05) is 6.07 Å². The first-order chi connectivity index (χ1) is 14.4. The number of amides is 3. The predicted molar refractivity (Wildman–Crippen MR) is 110 cm³/mol. The first-order valence-corrected chi connectivity index (χ1v) is 10.6. The van der Waals surface area contributed by atoms with Crippen molar-refractivity contribution in [1.29, 1.82) is 0 Å². The number of carbonyl (C=O) groups is 2. The van der Waals surface area contributed by atoms with Crippen LogP contribution in [0.25, 0.3) is 0 Å². The molecule has 2 aliphatic rings. The lowest BCUT2D eigenvalue weighted by atomic mass is 10.1. The van der Waals surface area contributed by atoms with Crippen LogP contribution >= 0.6 is 11.8 Å². The summed E-state index contributed by atoms with van der Waals surface area (Å²) in [5, 5.41) is 2.75. The summed E-state index contributed by atoms with van der Waals surface area (Å²) >= 11 is 1.34. The number of anilines is 1. The van der Waals surface area contributed by atoms with Gasteiger partial charge in [0.1, 0.15) is 17.4 Å². The summed E-state index contributed by atoms with van der Waals surface area (Å²) in [7, 11) is 1.51. The number of thioether (sulfide) groups is 1. The van der Waals surface area contributed by atoms with E-state index in [1.807, 2.05) is 0 Å². The fourth-order valence-corrected chi connectivity index (χ4v) is 5.42. The molecule has 1 N–H and O–H groups in total. The SMILES string of the molecule is CCNC(=O)N1CCSC12C(=O)N(Cc1c(F)cccc1F)c1ccc(OC)cc12. The Morgan fingerprint density at radius 1 is 1.27 bits per heavy atom. The van der Waals surface area contributed by atoms with E-state index in [2.05, 4.69) is 5.32 Å². The van der Waals surface area contributed by atoms with Crippen molar-refractivity contribution in [3.8, 4) is 5.75 Å². The van der Waals surface area contributed by atoms with Crippen molar-refractivity contribution in [3.63, 3.8) is 0 Å². The molecule has 1 spiro atoms. The predicted octanol–water partition coefficient (Wildman–Crippen LogP) is 3.45. The second kappa shape index (κ2) is 7.79. The maximum Gasteiger partial charge on any atom is 0.319 e. The molecule has 2 aromatic rings. The second-order valence-electron chi connectivity index (χ2n) is 6.95. The van der Waals surface area contributed by atoms with Gasteiger partial charge in [0, 0.05) is 30.0 Å². The molecule has 1 unspecified atom stereocenters. The number of hydrogen-bond donors (Lipinski definition) is 1. The van der Waals surface area contributed by atoms with E-state index in [-0.39, 0.29) is 18.1 Å². The summed E-state index contributed by atoms with van der Waals surface area (Å²) in [6.45, 7) is 2.32. The number of nitrogens with one attached hydrogen (secondary N) is 1. The van der Waals surface area contributed by atoms with Crippen LogP contribution in [0.4, 0.5) is 19.3 Å². The standard InChI is InChI=1S/C21H21F2N3O3S/c1-3-24-20(28)26-9-10-30-21(26)15-11-13(29-2)7-8-18(15)25(19(21)27)12-14-16(22)5-4-6-17(14)23/h4-8,11H,3,9-10,12H2,1-2H3,(H,24,28).